The van der Waals surface area contributed by atoms with Gasteiger partial charge in [0.25, 0.3) is 0 Å². The van der Waals surface area contributed by atoms with Crippen molar-refractivity contribution in [2.24, 2.45) is 29.0 Å². The number of piperidine rings is 1. The third-order valence-electron chi connectivity index (χ3n) is 9.55. The number of aliphatic hydroxyl groups excluding tert-OH is 3. The third kappa shape index (κ3) is 8.46. The summed E-state index contributed by atoms with van der Waals surface area (Å²) in [6.45, 7) is 4.94. The van der Waals surface area contributed by atoms with Crippen LogP contribution >= 0.6 is 0 Å². The van der Waals surface area contributed by atoms with E-state index in [9.17, 15) is 25.2 Å². The Hall–Kier alpha value is -1.47. The zero-order chi connectivity index (χ0) is 32.0. The van der Waals surface area contributed by atoms with E-state index in [0.29, 0.717) is 18.9 Å². The first-order valence-corrected chi connectivity index (χ1v) is 16.0. The Bertz CT molecular complexity index is 955. The number of rotatable bonds is 12. The van der Waals surface area contributed by atoms with Crippen molar-refractivity contribution < 1.29 is 39.4 Å². The molecule has 3 heterocycles. The molecule has 3 fully saturated rings. The number of ether oxygens (including phenoxy) is 3. The molecule has 0 bridgehead atoms. The number of aliphatic hydroxyl groups is 4. The quantitative estimate of drug-likeness (QED) is 0.0982. The van der Waals surface area contributed by atoms with Gasteiger partial charge in [0.1, 0.15) is 35.8 Å². The number of nitrogens with two attached hydrogens (primary N) is 3. The molecule has 2 saturated heterocycles. The summed E-state index contributed by atoms with van der Waals surface area (Å²) in [5.74, 6) is -0.0325. The smallest absolute Gasteiger partial charge is 0.249 e. The van der Waals surface area contributed by atoms with E-state index in [2.05, 4.69) is 21.3 Å². The van der Waals surface area contributed by atoms with Crippen LogP contribution in [0.3, 0.4) is 0 Å². The molecule has 0 aromatic carbocycles. The molecule has 4 aliphatic rings. The monoisotopic (exact) mass is 629 g/mol. The number of carbonyl (C=O) groups excluding carboxylic acids is 1. The van der Waals surface area contributed by atoms with Crippen LogP contribution in [0.4, 0.5) is 0 Å². The summed E-state index contributed by atoms with van der Waals surface area (Å²) < 4.78 is 18.3. The van der Waals surface area contributed by atoms with Crippen LogP contribution in [-0.2, 0) is 19.0 Å². The lowest BCUT2D eigenvalue weighted by Gasteiger charge is -2.50. The normalized spacial score (nSPS) is 41.0. The Balaban J connectivity index is 1.49. The number of likely N-dealkylation sites (N-methyl/N-ethyl adjacent to an activating group) is 1. The van der Waals surface area contributed by atoms with Crippen LogP contribution in [0.2, 0.25) is 0 Å². The first-order valence-electron chi connectivity index (χ1n) is 16.0. The molecule has 12 atom stereocenters. The Morgan fingerprint density at radius 3 is 2.64 bits per heavy atom. The lowest BCUT2D eigenvalue weighted by molar-refractivity contribution is -0.297. The second-order valence-corrected chi connectivity index (χ2v) is 13.0. The van der Waals surface area contributed by atoms with Crippen molar-refractivity contribution >= 4 is 5.91 Å². The molecule has 1 aliphatic carbocycles. The molecule has 1 saturated carbocycles. The molecule has 3 aliphatic heterocycles. The van der Waals surface area contributed by atoms with E-state index >= 15 is 0 Å². The van der Waals surface area contributed by atoms with E-state index in [1.807, 2.05) is 6.08 Å². The highest BCUT2D eigenvalue weighted by atomic mass is 16.7. The number of nitrogens with one attached hydrogen (secondary N) is 4. The Morgan fingerprint density at radius 2 is 1.95 bits per heavy atom. The maximum absolute atomic E-state index is 12.8. The molecule has 15 nitrogen and oxygen atoms in total. The van der Waals surface area contributed by atoms with E-state index in [0.717, 1.165) is 38.2 Å². The van der Waals surface area contributed by atoms with Gasteiger partial charge in [0.2, 0.25) is 5.91 Å². The second-order valence-electron chi connectivity index (χ2n) is 13.0. The fourth-order valence-electron chi connectivity index (χ4n) is 7.01. The summed E-state index contributed by atoms with van der Waals surface area (Å²) in [7, 11) is 1.60. The fraction of sp³-hybridized carbons (Fsp3) is 0.897. The van der Waals surface area contributed by atoms with Crippen molar-refractivity contribution in [2.75, 3.05) is 46.4 Å². The molecule has 14 N–H and O–H groups in total. The Labute approximate surface area is 259 Å². The number of hydrogen-bond acceptors (Lipinski definition) is 14. The van der Waals surface area contributed by atoms with E-state index in [-0.39, 0.29) is 26.0 Å². The van der Waals surface area contributed by atoms with Crippen LogP contribution in [0, 0.1) is 11.8 Å². The van der Waals surface area contributed by atoms with Gasteiger partial charge < -0.3 is 73.1 Å². The van der Waals surface area contributed by atoms with Crippen molar-refractivity contribution in [3.05, 3.63) is 11.8 Å². The van der Waals surface area contributed by atoms with Gasteiger partial charge in [-0.05, 0) is 84.2 Å². The summed E-state index contributed by atoms with van der Waals surface area (Å²) >= 11 is 0. The average molecular weight is 630 g/mol. The Kier molecular flexibility index (Phi) is 12.8. The molecular weight excluding hydrogens is 574 g/mol. The van der Waals surface area contributed by atoms with E-state index in [1.54, 1.807) is 7.05 Å². The van der Waals surface area contributed by atoms with Gasteiger partial charge in [-0.25, -0.2) is 0 Å². The lowest BCUT2D eigenvalue weighted by atomic mass is 9.72. The minimum atomic E-state index is -1.38. The van der Waals surface area contributed by atoms with E-state index in [1.165, 1.54) is 6.92 Å². The van der Waals surface area contributed by atoms with Crippen LogP contribution in [-0.4, -0.2) is 139 Å². The zero-order valence-electron chi connectivity index (χ0n) is 25.9. The highest BCUT2D eigenvalue weighted by Crippen LogP contribution is 2.36. The molecule has 0 spiro atoms. The largest absolute Gasteiger partial charge is 0.492 e. The fourth-order valence-corrected chi connectivity index (χ4v) is 7.01. The minimum Gasteiger partial charge on any atom is -0.492 e. The topological polar surface area (TPSA) is 252 Å². The molecule has 4 rings (SSSR count). The van der Waals surface area contributed by atoms with Crippen LogP contribution in [0.1, 0.15) is 39.0 Å². The predicted octanol–water partition coefficient (Wildman–Crippen LogP) is -4.08. The van der Waals surface area contributed by atoms with Crippen molar-refractivity contribution in [1.82, 2.24) is 21.3 Å². The van der Waals surface area contributed by atoms with Crippen molar-refractivity contribution in [3.8, 4) is 0 Å². The summed E-state index contributed by atoms with van der Waals surface area (Å²) in [5.41, 5.74) is 17.3. The number of amides is 1. The number of hydrogen-bond donors (Lipinski definition) is 11. The standard InChI is InChI=1S/C29H55N7O8/c1-29(41)14-42-28(23(39)26(29)33-2)44-25-19(36-27(40)20(37)5-8-30)11-18(32)21(22(25)38)24-17(31)4-3-16(43-24)13-35-12-15-6-9-34-10-7-15/h3,15,17-26,28,33-35,37-39,41H,4-14,30-32H2,1-2H3,(H,36,40)/t17-,18+,19-,20-,21?,22+,23-,24+,25+,26-,28-,29+/m1/s1. The lowest BCUT2D eigenvalue weighted by Crippen LogP contribution is -2.69. The molecule has 15 heteroatoms. The van der Waals surface area contributed by atoms with Crippen LogP contribution in [0.5, 0.6) is 0 Å². The average Bonchev–Trinajstić information content (AvgIpc) is 2.98. The van der Waals surface area contributed by atoms with Gasteiger partial charge in [-0.2, -0.15) is 0 Å². The zero-order valence-corrected chi connectivity index (χ0v) is 25.9. The molecule has 0 aromatic heterocycles. The van der Waals surface area contributed by atoms with Gasteiger partial charge in [0.05, 0.1) is 31.3 Å². The SMILES string of the molecule is CN[C@@H]1[C@@H](O)[C@@H](O[C@H]2[C@H](NC(=O)[C@H](O)CCN)C[C@H](N)C([C@H]3OC(CNCC4CCNCC4)=CC[C@H]3N)[C@@H]2O)OC[C@]1(C)O. The maximum Gasteiger partial charge on any atom is 0.249 e. The molecule has 1 amide bonds. The molecule has 254 valence electrons. The van der Waals surface area contributed by atoms with Crippen LogP contribution in [0.25, 0.3) is 0 Å². The van der Waals surface area contributed by atoms with Gasteiger partial charge in [-0.1, -0.05) is 0 Å². The van der Waals surface area contributed by atoms with Gasteiger partial charge in [-0.15, -0.1) is 0 Å². The highest BCUT2D eigenvalue weighted by Gasteiger charge is 2.53. The van der Waals surface area contributed by atoms with Crippen LogP contribution < -0.4 is 38.5 Å². The Morgan fingerprint density at radius 1 is 1.23 bits per heavy atom. The van der Waals surface area contributed by atoms with Gasteiger partial charge in [-0.3, -0.25) is 4.79 Å². The molecule has 44 heavy (non-hydrogen) atoms. The first kappa shape index (κ1) is 35.4. The predicted molar refractivity (Wildman–Crippen MR) is 162 cm³/mol. The molecule has 0 aromatic rings. The summed E-state index contributed by atoms with van der Waals surface area (Å²) in [5, 5.41) is 56.4. The van der Waals surface area contributed by atoms with Crippen molar-refractivity contribution in [1.29, 1.82) is 0 Å². The van der Waals surface area contributed by atoms with Gasteiger partial charge in [0.15, 0.2) is 6.29 Å². The molecular formula is C29H55N7O8. The second kappa shape index (κ2) is 15.9. The third-order valence-corrected chi connectivity index (χ3v) is 9.55. The summed E-state index contributed by atoms with van der Waals surface area (Å²) in [6.07, 6.45) is -1.99. The van der Waals surface area contributed by atoms with Crippen molar-refractivity contribution in [3.63, 3.8) is 0 Å². The molecule has 0 radical (unpaired) electrons. The van der Waals surface area contributed by atoms with Gasteiger partial charge >= 0.3 is 0 Å². The number of carbonyl (C=O) groups is 1. The van der Waals surface area contributed by atoms with E-state index < -0.39 is 78.4 Å². The van der Waals surface area contributed by atoms with Crippen molar-refractivity contribution in [2.45, 2.75) is 106 Å². The van der Waals surface area contributed by atoms with Crippen LogP contribution in [0.15, 0.2) is 11.8 Å². The maximum atomic E-state index is 12.8. The summed E-state index contributed by atoms with van der Waals surface area (Å²) in [4.78, 5) is 12.8. The first-order chi connectivity index (χ1) is 21.0. The highest BCUT2D eigenvalue weighted by molar-refractivity contribution is 5.80. The minimum absolute atomic E-state index is 0.0518. The summed E-state index contributed by atoms with van der Waals surface area (Å²) in [6, 6.07) is -2.74. The van der Waals surface area contributed by atoms with E-state index in [4.69, 9.17) is 31.4 Å². The molecule has 1 unspecified atom stereocenters. The van der Waals surface area contributed by atoms with Gasteiger partial charge in [0, 0.05) is 18.0 Å².